The Balaban J connectivity index is 2.03. The van der Waals surface area contributed by atoms with Gasteiger partial charge < -0.3 is 10.1 Å². The minimum atomic E-state index is 0.490. The summed E-state index contributed by atoms with van der Waals surface area (Å²) in [6.07, 6.45) is 0.800. The monoisotopic (exact) mass is 277 g/mol. The number of nitriles is 2. The second-order valence-electron chi connectivity index (χ2n) is 4.48. The zero-order valence-corrected chi connectivity index (χ0v) is 11.8. The quantitative estimate of drug-likeness (QED) is 0.911. The van der Waals surface area contributed by atoms with Crippen LogP contribution >= 0.6 is 0 Å². The molecule has 1 N–H and O–H groups in total. The van der Waals surface area contributed by atoms with Crippen LogP contribution in [0.3, 0.4) is 0 Å². The van der Waals surface area contributed by atoms with Gasteiger partial charge in [0.2, 0.25) is 0 Å². The third-order valence-electron chi connectivity index (χ3n) is 3.18. The number of benzene rings is 2. The van der Waals surface area contributed by atoms with Crippen molar-refractivity contribution in [2.45, 2.75) is 6.42 Å². The van der Waals surface area contributed by atoms with Gasteiger partial charge in [0.15, 0.2) is 0 Å². The molecule has 0 amide bonds. The van der Waals surface area contributed by atoms with Crippen LogP contribution in [0.2, 0.25) is 0 Å². The molecule has 4 heteroatoms. The first kappa shape index (κ1) is 14.4. The first-order valence-corrected chi connectivity index (χ1v) is 6.58. The van der Waals surface area contributed by atoms with Crippen LogP contribution in [0.25, 0.3) is 0 Å². The number of rotatable bonds is 5. The minimum Gasteiger partial charge on any atom is -0.497 e. The second kappa shape index (κ2) is 6.98. The number of hydrogen-bond acceptors (Lipinski definition) is 4. The van der Waals surface area contributed by atoms with E-state index >= 15 is 0 Å². The summed E-state index contributed by atoms with van der Waals surface area (Å²) in [5.74, 6) is 0.827. The third kappa shape index (κ3) is 3.52. The number of ether oxygens (including phenoxy) is 1. The van der Waals surface area contributed by atoms with Gasteiger partial charge in [0, 0.05) is 6.54 Å². The van der Waals surface area contributed by atoms with Crippen LogP contribution in [0.15, 0.2) is 42.5 Å². The molecule has 2 aromatic carbocycles. The van der Waals surface area contributed by atoms with Crippen LogP contribution in [0.4, 0.5) is 5.69 Å². The molecule has 4 nitrogen and oxygen atoms in total. The van der Waals surface area contributed by atoms with Gasteiger partial charge in [-0.1, -0.05) is 18.2 Å². The molecule has 0 saturated carbocycles. The minimum absolute atomic E-state index is 0.490. The molecule has 104 valence electrons. The predicted molar refractivity (Wildman–Crippen MR) is 81.1 cm³/mol. The molecule has 0 spiro atoms. The Bertz CT molecular complexity index is 661. The van der Waals surface area contributed by atoms with E-state index in [9.17, 15) is 0 Å². The highest BCUT2D eigenvalue weighted by Crippen LogP contribution is 2.20. The van der Waals surface area contributed by atoms with E-state index in [0.717, 1.165) is 17.7 Å². The molecule has 0 aliphatic carbocycles. The Morgan fingerprint density at radius 1 is 1.00 bits per heavy atom. The largest absolute Gasteiger partial charge is 0.497 e. The predicted octanol–water partition coefficient (Wildman–Crippen LogP) is 3.09. The van der Waals surface area contributed by atoms with Gasteiger partial charge in [0.1, 0.15) is 17.9 Å². The molecule has 2 rings (SSSR count). The van der Waals surface area contributed by atoms with Crippen molar-refractivity contribution in [2.24, 2.45) is 0 Å². The Hall–Kier alpha value is -2.98. The van der Waals surface area contributed by atoms with Crippen molar-refractivity contribution in [3.63, 3.8) is 0 Å². The van der Waals surface area contributed by atoms with E-state index in [-0.39, 0.29) is 0 Å². The normalized spacial score (nSPS) is 9.48. The van der Waals surface area contributed by atoms with Gasteiger partial charge in [0.25, 0.3) is 0 Å². The fraction of sp³-hybridized carbons (Fsp3) is 0.176. The summed E-state index contributed by atoms with van der Waals surface area (Å²) in [4.78, 5) is 0. The summed E-state index contributed by atoms with van der Waals surface area (Å²) in [7, 11) is 1.64. The fourth-order valence-electron chi connectivity index (χ4n) is 2.05. The van der Waals surface area contributed by atoms with Crippen molar-refractivity contribution in [2.75, 3.05) is 19.0 Å². The van der Waals surface area contributed by atoms with Crippen LogP contribution in [0.1, 0.15) is 16.7 Å². The molecule has 0 bridgehead atoms. The van der Waals surface area contributed by atoms with E-state index in [2.05, 4.69) is 17.5 Å². The lowest BCUT2D eigenvalue weighted by Gasteiger charge is -2.10. The Morgan fingerprint density at radius 2 is 1.62 bits per heavy atom. The molecule has 0 radical (unpaired) electrons. The Morgan fingerprint density at radius 3 is 2.14 bits per heavy atom. The van der Waals surface area contributed by atoms with Crippen molar-refractivity contribution in [1.29, 1.82) is 10.5 Å². The molecule has 21 heavy (non-hydrogen) atoms. The van der Waals surface area contributed by atoms with Crippen molar-refractivity contribution in [3.05, 3.63) is 59.2 Å². The van der Waals surface area contributed by atoms with Crippen molar-refractivity contribution < 1.29 is 4.74 Å². The van der Waals surface area contributed by atoms with Gasteiger partial charge in [-0.15, -0.1) is 0 Å². The van der Waals surface area contributed by atoms with Gasteiger partial charge in [0.05, 0.1) is 23.9 Å². The fourth-order valence-corrected chi connectivity index (χ4v) is 2.05. The van der Waals surface area contributed by atoms with Gasteiger partial charge in [-0.2, -0.15) is 10.5 Å². The summed E-state index contributed by atoms with van der Waals surface area (Å²) in [5, 5.41) is 21.4. The van der Waals surface area contributed by atoms with E-state index in [1.165, 1.54) is 0 Å². The first-order valence-electron chi connectivity index (χ1n) is 6.58. The number of methoxy groups -OCH3 is 1. The van der Waals surface area contributed by atoms with Crippen LogP contribution in [-0.4, -0.2) is 13.7 Å². The molecular weight excluding hydrogens is 262 g/mol. The average molecular weight is 277 g/mol. The molecule has 0 atom stereocenters. The van der Waals surface area contributed by atoms with Gasteiger partial charge in [-0.05, 0) is 36.2 Å². The lowest BCUT2D eigenvalue weighted by atomic mass is 10.1. The van der Waals surface area contributed by atoms with E-state index < -0.39 is 0 Å². The van der Waals surface area contributed by atoms with Crippen molar-refractivity contribution in [1.82, 2.24) is 0 Å². The third-order valence-corrected chi connectivity index (χ3v) is 3.18. The molecule has 0 saturated heterocycles. The van der Waals surface area contributed by atoms with E-state index in [1.54, 1.807) is 25.3 Å². The van der Waals surface area contributed by atoms with Crippen LogP contribution in [0.5, 0.6) is 5.75 Å². The number of nitrogens with zero attached hydrogens (tertiary/aromatic N) is 2. The molecule has 2 aromatic rings. The maximum Gasteiger partial charge on any atom is 0.118 e. The summed E-state index contributed by atoms with van der Waals surface area (Å²) in [6.45, 7) is 0.652. The topological polar surface area (TPSA) is 68.8 Å². The Labute approximate surface area is 124 Å². The highest BCUT2D eigenvalue weighted by Gasteiger charge is 2.07. The molecule has 0 aliphatic rings. The SMILES string of the molecule is COc1ccc(CCNc2c(C#N)cccc2C#N)cc1. The maximum atomic E-state index is 9.10. The van der Waals surface area contributed by atoms with Gasteiger partial charge >= 0.3 is 0 Å². The summed E-state index contributed by atoms with van der Waals surface area (Å²) in [5.41, 5.74) is 2.75. The van der Waals surface area contributed by atoms with E-state index in [4.69, 9.17) is 15.3 Å². The van der Waals surface area contributed by atoms with E-state index in [1.807, 2.05) is 24.3 Å². The lowest BCUT2D eigenvalue weighted by molar-refractivity contribution is 0.414. The van der Waals surface area contributed by atoms with Crippen LogP contribution in [0, 0.1) is 22.7 Å². The summed E-state index contributed by atoms with van der Waals surface area (Å²) >= 11 is 0. The highest BCUT2D eigenvalue weighted by molar-refractivity contribution is 5.66. The van der Waals surface area contributed by atoms with Crippen molar-refractivity contribution >= 4 is 5.69 Å². The molecule has 0 aliphatic heterocycles. The molecule has 0 heterocycles. The molecule has 0 fully saturated rings. The summed E-state index contributed by atoms with van der Waals surface area (Å²) < 4.78 is 5.12. The number of nitrogens with one attached hydrogen (secondary N) is 1. The number of para-hydroxylation sites is 1. The molecular formula is C17H15N3O. The average Bonchev–Trinajstić information content (AvgIpc) is 2.55. The molecule has 0 unspecified atom stereocenters. The van der Waals surface area contributed by atoms with Gasteiger partial charge in [-0.25, -0.2) is 0 Å². The number of hydrogen-bond donors (Lipinski definition) is 1. The van der Waals surface area contributed by atoms with Crippen LogP contribution < -0.4 is 10.1 Å². The van der Waals surface area contributed by atoms with Gasteiger partial charge in [-0.3, -0.25) is 0 Å². The lowest BCUT2D eigenvalue weighted by Crippen LogP contribution is -2.07. The first-order chi connectivity index (χ1) is 10.3. The summed E-state index contributed by atoms with van der Waals surface area (Å²) in [6, 6.07) is 17.2. The van der Waals surface area contributed by atoms with Crippen LogP contribution in [-0.2, 0) is 6.42 Å². The zero-order chi connectivity index (χ0) is 15.1. The Kier molecular flexibility index (Phi) is 4.79. The number of anilines is 1. The molecule has 0 aromatic heterocycles. The maximum absolute atomic E-state index is 9.10. The smallest absolute Gasteiger partial charge is 0.118 e. The van der Waals surface area contributed by atoms with Crippen molar-refractivity contribution in [3.8, 4) is 17.9 Å². The second-order valence-corrected chi connectivity index (χ2v) is 4.48. The highest BCUT2D eigenvalue weighted by atomic mass is 16.5. The van der Waals surface area contributed by atoms with E-state index in [0.29, 0.717) is 23.4 Å². The zero-order valence-electron chi connectivity index (χ0n) is 11.8. The standard InChI is InChI=1S/C17H15N3O/c1-21-16-7-5-13(6-8-16)9-10-20-17-14(11-18)3-2-4-15(17)12-19/h2-8,20H,9-10H2,1H3.